The highest BCUT2D eigenvalue weighted by Crippen LogP contribution is 2.13. The molecule has 90 valence electrons. The van der Waals surface area contributed by atoms with E-state index < -0.39 is 11.9 Å². The van der Waals surface area contributed by atoms with Crippen molar-refractivity contribution in [3.8, 4) is 5.75 Å². The van der Waals surface area contributed by atoms with Crippen LogP contribution in [0.1, 0.15) is 6.92 Å². The number of carbonyl (C=O) groups is 2. The van der Waals surface area contributed by atoms with E-state index in [1.807, 2.05) is 0 Å². The molecule has 0 unspecified atom stereocenters. The average molecular weight is 235 g/mol. The molecule has 5 nitrogen and oxygen atoms in total. The van der Waals surface area contributed by atoms with Crippen molar-refractivity contribution in [2.24, 2.45) is 0 Å². The zero-order chi connectivity index (χ0) is 12.7. The van der Waals surface area contributed by atoms with Crippen molar-refractivity contribution in [3.63, 3.8) is 0 Å². The van der Waals surface area contributed by atoms with E-state index in [0.29, 0.717) is 11.4 Å². The molecular formula is C12H13NO4. The van der Waals surface area contributed by atoms with Crippen LogP contribution >= 0.6 is 0 Å². The van der Waals surface area contributed by atoms with Crippen molar-refractivity contribution >= 4 is 17.6 Å². The largest absolute Gasteiger partial charge is 0.463 e. The van der Waals surface area contributed by atoms with Gasteiger partial charge in [0.1, 0.15) is 5.75 Å². The first-order valence-corrected chi connectivity index (χ1v) is 5.04. The van der Waals surface area contributed by atoms with E-state index in [9.17, 15) is 9.59 Å². The van der Waals surface area contributed by atoms with Gasteiger partial charge in [0, 0.05) is 17.8 Å². The molecule has 0 atom stereocenters. The molecule has 0 aliphatic carbocycles. The molecule has 17 heavy (non-hydrogen) atoms. The second-order valence-corrected chi connectivity index (χ2v) is 3.08. The van der Waals surface area contributed by atoms with Gasteiger partial charge < -0.3 is 15.2 Å². The third kappa shape index (κ3) is 4.83. The fourth-order valence-corrected chi connectivity index (χ4v) is 1.01. The fraction of sp³-hybridized carbons (Fsp3) is 0.167. The summed E-state index contributed by atoms with van der Waals surface area (Å²) in [5.74, 6) is -0.873. The number of hydrogen-bond acceptors (Lipinski definition) is 5. The van der Waals surface area contributed by atoms with Crippen molar-refractivity contribution in [2.75, 3.05) is 12.3 Å². The molecule has 0 saturated carbocycles. The number of nitrogen functional groups attached to an aromatic ring is 1. The average Bonchev–Trinajstić information content (AvgIpc) is 2.30. The maximum Gasteiger partial charge on any atom is 0.336 e. The molecular weight excluding hydrogens is 222 g/mol. The summed E-state index contributed by atoms with van der Waals surface area (Å²) in [6.07, 6.45) is 2.03. The second-order valence-electron chi connectivity index (χ2n) is 3.08. The van der Waals surface area contributed by atoms with Gasteiger partial charge in [0.05, 0.1) is 6.61 Å². The van der Waals surface area contributed by atoms with Crippen LogP contribution in [-0.4, -0.2) is 18.5 Å². The molecule has 1 aromatic rings. The Labute approximate surface area is 98.8 Å². The van der Waals surface area contributed by atoms with E-state index in [4.69, 9.17) is 10.5 Å². The summed E-state index contributed by atoms with van der Waals surface area (Å²) in [7, 11) is 0. The van der Waals surface area contributed by atoms with Crippen molar-refractivity contribution < 1.29 is 19.1 Å². The smallest absolute Gasteiger partial charge is 0.336 e. The number of benzene rings is 1. The summed E-state index contributed by atoms with van der Waals surface area (Å²) in [6, 6.07) is 6.34. The highest BCUT2D eigenvalue weighted by molar-refractivity contribution is 5.92. The fourth-order valence-electron chi connectivity index (χ4n) is 1.01. The maximum atomic E-state index is 11.3. The quantitative estimate of drug-likeness (QED) is 0.368. The molecule has 0 heterocycles. The zero-order valence-corrected chi connectivity index (χ0v) is 9.38. The van der Waals surface area contributed by atoms with E-state index in [-0.39, 0.29) is 6.61 Å². The molecule has 5 heteroatoms. The molecule has 0 bridgehead atoms. The molecule has 1 rings (SSSR count). The number of nitrogens with two attached hydrogens (primary N) is 1. The lowest BCUT2D eigenvalue weighted by Gasteiger charge is -2.01. The number of hydrogen-bond donors (Lipinski definition) is 1. The van der Waals surface area contributed by atoms with Gasteiger partial charge in [0.25, 0.3) is 0 Å². The highest BCUT2D eigenvalue weighted by atomic mass is 16.5. The van der Waals surface area contributed by atoms with Crippen LogP contribution in [0.25, 0.3) is 0 Å². The third-order valence-corrected chi connectivity index (χ3v) is 1.74. The molecule has 0 amide bonds. The van der Waals surface area contributed by atoms with Crippen LogP contribution in [0.5, 0.6) is 5.75 Å². The van der Waals surface area contributed by atoms with Gasteiger partial charge in [-0.3, -0.25) is 0 Å². The van der Waals surface area contributed by atoms with Gasteiger partial charge in [-0.25, -0.2) is 9.59 Å². The Hall–Kier alpha value is -2.30. The maximum absolute atomic E-state index is 11.3. The van der Waals surface area contributed by atoms with Crippen molar-refractivity contribution in [1.29, 1.82) is 0 Å². The first-order chi connectivity index (χ1) is 8.11. The number of anilines is 1. The lowest BCUT2D eigenvalue weighted by Crippen LogP contribution is -2.06. The summed E-state index contributed by atoms with van der Waals surface area (Å²) in [6.45, 7) is 1.94. The minimum absolute atomic E-state index is 0.260. The molecule has 2 N–H and O–H groups in total. The number of esters is 2. The molecule has 1 aromatic carbocycles. The van der Waals surface area contributed by atoms with Gasteiger partial charge >= 0.3 is 11.9 Å². The Bertz CT molecular complexity index is 423. The summed E-state index contributed by atoms with van der Waals surface area (Å²) < 4.78 is 9.52. The van der Waals surface area contributed by atoms with E-state index in [1.54, 1.807) is 31.2 Å². The molecule has 0 spiro atoms. The van der Waals surface area contributed by atoms with Gasteiger partial charge in [-0.2, -0.15) is 0 Å². The second kappa shape index (κ2) is 6.32. The molecule has 0 fully saturated rings. The monoisotopic (exact) mass is 235 g/mol. The van der Waals surface area contributed by atoms with Crippen LogP contribution in [0, 0.1) is 0 Å². The summed E-state index contributed by atoms with van der Waals surface area (Å²) in [5.41, 5.74) is 6.05. The molecule has 0 aliphatic rings. The van der Waals surface area contributed by atoms with E-state index >= 15 is 0 Å². The Morgan fingerprint density at radius 3 is 2.35 bits per heavy atom. The third-order valence-electron chi connectivity index (χ3n) is 1.74. The SMILES string of the molecule is CCOC(=O)/C=C/C(=O)Oc1ccc(N)cc1. The van der Waals surface area contributed by atoms with Crippen LogP contribution in [-0.2, 0) is 14.3 Å². The summed E-state index contributed by atoms with van der Waals surface area (Å²) in [5, 5.41) is 0. The molecule has 0 aliphatic heterocycles. The van der Waals surface area contributed by atoms with E-state index in [1.165, 1.54) is 0 Å². The van der Waals surface area contributed by atoms with Crippen LogP contribution in [0.4, 0.5) is 5.69 Å². The number of rotatable bonds is 4. The number of carbonyl (C=O) groups excluding carboxylic acids is 2. The Balaban J connectivity index is 2.49. The van der Waals surface area contributed by atoms with Crippen LogP contribution < -0.4 is 10.5 Å². The zero-order valence-electron chi connectivity index (χ0n) is 9.38. The lowest BCUT2D eigenvalue weighted by molar-refractivity contribution is -0.138. The first-order valence-electron chi connectivity index (χ1n) is 5.04. The van der Waals surface area contributed by atoms with Crippen molar-refractivity contribution in [1.82, 2.24) is 0 Å². The van der Waals surface area contributed by atoms with Gasteiger partial charge in [-0.1, -0.05) is 0 Å². The summed E-state index contributed by atoms with van der Waals surface area (Å²) in [4.78, 5) is 22.2. The topological polar surface area (TPSA) is 78.6 Å². The van der Waals surface area contributed by atoms with E-state index in [0.717, 1.165) is 12.2 Å². The van der Waals surface area contributed by atoms with Crippen LogP contribution in [0.15, 0.2) is 36.4 Å². The van der Waals surface area contributed by atoms with Crippen molar-refractivity contribution in [2.45, 2.75) is 6.92 Å². The van der Waals surface area contributed by atoms with Gasteiger partial charge in [0.2, 0.25) is 0 Å². The summed E-state index contributed by atoms with van der Waals surface area (Å²) >= 11 is 0. The van der Waals surface area contributed by atoms with Gasteiger partial charge in [0.15, 0.2) is 0 Å². The Kier molecular flexibility index (Phi) is 4.75. The lowest BCUT2D eigenvalue weighted by atomic mass is 10.3. The highest BCUT2D eigenvalue weighted by Gasteiger charge is 2.01. The van der Waals surface area contributed by atoms with Gasteiger partial charge in [-0.15, -0.1) is 0 Å². The predicted molar refractivity (Wildman–Crippen MR) is 62.3 cm³/mol. The minimum Gasteiger partial charge on any atom is -0.463 e. The first kappa shape index (κ1) is 12.8. The number of ether oxygens (including phenoxy) is 2. The van der Waals surface area contributed by atoms with Crippen LogP contribution in [0.2, 0.25) is 0 Å². The predicted octanol–water partition coefficient (Wildman–Crippen LogP) is 1.29. The minimum atomic E-state index is -0.650. The molecule has 0 aromatic heterocycles. The Morgan fingerprint density at radius 1 is 1.18 bits per heavy atom. The normalized spacial score (nSPS) is 10.2. The standard InChI is InChI=1S/C12H13NO4/c1-2-16-11(14)7-8-12(15)17-10-5-3-9(13)4-6-10/h3-8H,2,13H2,1H3/b8-7+. The van der Waals surface area contributed by atoms with Crippen molar-refractivity contribution in [3.05, 3.63) is 36.4 Å². The van der Waals surface area contributed by atoms with Crippen LogP contribution in [0.3, 0.4) is 0 Å². The molecule has 0 radical (unpaired) electrons. The van der Waals surface area contributed by atoms with Gasteiger partial charge in [-0.05, 0) is 31.2 Å². The van der Waals surface area contributed by atoms with E-state index in [2.05, 4.69) is 4.74 Å². The molecule has 0 saturated heterocycles. The Morgan fingerprint density at radius 2 is 1.76 bits per heavy atom.